The molecule has 0 spiro atoms. The van der Waals surface area contributed by atoms with Crippen LogP contribution in [0.1, 0.15) is 19.8 Å². The summed E-state index contributed by atoms with van der Waals surface area (Å²) >= 11 is 5.96. The van der Waals surface area contributed by atoms with E-state index < -0.39 is 0 Å². The van der Waals surface area contributed by atoms with Gasteiger partial charge in [0.2, 0.25) is 0 Å². The van der Waals surface area contributed by atoms with E-state index in [0.717, 1.165) is 29.3 Å². The Kier molecular flexibility index (Phi) is 3.88. The van der Waals surface area contributed by atoms with E-state index >= 15 is 0 Å². The van der Waals surface area contributed by atoms with Crippen molar-refractivity contribution >= 4 is 44.3 Å². The molecule has 1 aliphatic heterocycles. The van der Waals surface area contributed by atoms with Gasteiger partial charge in [-0.2, -0.15) is 0 Å². The molecule has 0 aliphatic carbocycles. The SMILES string of the molecule is CC1CCN(c2nccc(I)c2Br)CC1. The summed E-state index contributed by atoms with van der Waals surface area (Å²) in [6.45, 7) is 4.59. The minimum Gasteiger partial charge on any atom is -0.356 e. The van der Waals surface area contributed by atoms with Gasteiger partial charge < -0.3 is 4.90 Å². The summed E-state index contributed by atoms with van der Waals surface area (Å²) in [5.74, 6) is 1.97. The van der Waals surface area contributed by atoms with Crippen molar-refractivity contribution in [2.45, 2.75) is 19.8 Å². The minimum absolute atomic E-state index is 0.864. The van der Waals surface area contributed by atoms with Crippen LogP contribution in [0, 0.1) is 9.49 Å². The summed E-state index contributed by atoms with van der Waals surface area (Å²) in [6, 6.07) is 2.03. The molecule has 0 atom stereocenters. The van der Waals surface area contributed by atoms with Crippen LogP contribution < -0.4 is 4.90 Å². The molecule has 0 bridgehead atoms. The van der Waals surface area contributed by atoms with E-state index in [9.17, 15) is 0 Å². The summed E-state index contributed by atoms with van der Waals surface area (Å²) in [7, 11) is 0. The van der Waals surface area contributed by atoms with Gasteiger partial charge in [-0.15, -0.1) is 0 Å². The first-order chi connectivity index (χ1) is 7.18. The number of nitrogens with zero attached hydrogens (tertiary/aromatic N) is 2. The number of rotatable bonds is 1. The van der Waals surface area contributed by atoms with Crippen LogP contribution in [0.25, 0.3) is 0 Å². The second-order valence-corrected chi connectivity index (χ2v) is 6.06. The van der Waals surface area contributed by atoms with Crippen LogP contribution in [0.2, 0.25) is 0 Å². The quantitative estimate of drug-likeness (QED) is 0.691. The van der Waals surface area contributed by atoms with Gasteiger partial charge in [0.1, 0.15) is 5.82 Å². The zero-order valence-electron chi connectivity index (χ0n) is 8.71. The lowest BCUT2D eigenvalue weighted by molar-refractivity contribution is 0.436. The van der Waals surface area contributed by atoms with Crippen molar-refractivity contribution in [2.75, 3.05) is 18.0 Å². The Bertz CT molecular complexity index is 348. The van der Waals surface area contributed by atoms with E-state index in [1.807, 2.05) is 12.3 Å². The monoisotopic (exact) mass is 380 g/mol. The highest BCUT2D eigenvalue weighted by Gasteiger charge is 2.19. The van der Waals surface area contributed by atoms with Crippen LogP contribution in [0.15, 0.2) is 16.7 Å². The van der Waals surface area contributed by atoms with Crippen molar-refractivity contribution < 1.29 is 0 Å². The molecule has 1 aromatic heterocycles. The van der Waals surface area contributed by atoms with Crippen LogP contribution in [0.3, 0.4) is 0 Å². The number of hydrogen-bond donors (Lipinski definition) is 0. The fraction of sp³-hybridized carbons (Fsp3) is 0.545. The number of hydrogen-bond acceptors (Lipinski definition) is 2. The average Bonchev–Trinajstić information content (AvgIpc) is 2.24. The summed E-state index contributed by atoms with van der Waals surface area (Å²) in [4.78, 5) is 6.84. The minimum atomic E-state index is 0.864. The third kappa shape index (κ3) is 2.64. The summed E-state index contributed by atoms with van der Waals surface area (Å²) in [5, 5.41) is 0. The normalized spacial score (nSPS) is 18.2. The molecule has 15 heavy (non-hydrogen) atoms. The maximum atomic E-state index is 4.46. The van der Waals surface area contributed by atoms with Gasteiger partial charge in [0, 0.05) is 22.9 Å². The van der Waals surface area contributed by atoms with Crippen molar-refractivity contribution in [1.82, 2.24) is 4.98 Å². The largest absolute Gasteiger partial charge is 0.356 e. The van der Waals surface area contributed by atoms with Crippen LogP contribution in [0.5, 0.6) is 0 Å². The maximum absolute atomic E-state index is 4.46. The van der Waals surface area contributed by atoms with E-state index in [0.29, 0.717) is 0 Å². The van der Waals surface area contributed by atoms with E-state index in [-0.39, 0.29) is 0 Å². The molecular formula is C11H14BrIN2. The van der Waals surface area contributed by atoms with Crippen molar-refractivity contribution in [1.29, 1.82) is 0 Å². The first-order valence-electron chi connectivity index (χ1n) is 5.23. The fourth-order valence-corrected chi connectivity index (χ4v) is 2.74. The summed E-state index contributed by atoms with van der Waals surface area (Å²) in [5.41, 5.74) is 0. The molecule has 1 saturated heterocycles. The molecule has 0 radical (unpaired) electrons. The average molecular weight is 381 g/mol. The molecule has 0 aromatic carbocycles. The molecule has 1 aromatic rings. The van der Waals surface area contributed by atoms with Crippen molar-refractivity contribution in [2.24, 2.45) is 5.92 Å². The first-order valence-corrected chi connectivity index (χ1v) is 7.10. The molecule has 4 heteroatoms. The van der Waals surface area contributed by atoms with E-state index in [4.69, 9.17) is 0 Å². The van der Waals surface area contributed by atoms with E-state index in [1.165, 1.54) is 16.4 Å². The van der Waals surface area contributed by atoms with Gasteiger partial charge in [-0.1, -0.05) is 6.92 Å². The summed E-state index contributed by atoms with van der Waals surface area (Å²) in [6.07, 6.45) is 4.44. The van der Waals surface area contributed by atoms with Gasteiger partial charge in [-0.25, -0.2) is 4.98 Å². The molecule has 0 unspecified atom stereocenters. The van der Waals surface area contributed by atoms with Gasteiger partial charge >= 0.3 is 0 Å². The first kappa shape index (κ1) is 11.6. The highest BCUT2D eigenvalue weighted by molar-refractivity contribution is 14.1. The predicted octanol–water partition coefficient (Wildman–Crippen LogP) is 3.69. The molecule has 0 N–H and O–H groups in total. The molecule has 1 fully saturated rings. The molecular weight excluding hydrogens is 367 g/mol. The topological polar surface area (TPSA) is 16.1 Å². The van der Waals surface area contributed by atoms with Gasteiger partial charge in [0.25, 0.3) is 0 Å². The van der Waals surface area contributed by atoms with Crippen molar-refractivity contribution in [3.05, 3.63) is 20.3 Å². The Balaban J connectivity index is 2.19. The maximum Gasteiger partial charge on any atom is 0.143 e. The number of aromatic nitrogens is 1. The Morgan fingerprint density at radius 1 is 1.47 bits per heavy atom. The second kappa shape index (κ2) is 4.99. The van der Waals surface area contributed by atoms with Crippen LogP contribution >= 0.6 is 38.5 Å². The van der Waals surface area contributed by atoms with Gasteiger partial charge in [0.05, 0.1) is 4.47 Å². The van der Waals surface area contributed by atoms with Gasteiger partial charge in [-0.05, 0) is 63.3 Å². The molecule has 82 valence electrons. The Morgan fingerprint density at radius 3 is 2.80 bits per heavy atom. The molecule has 2 rings (SSSR count). The number of piperidine rings is 1. The molecule has 2 nitrogen and oxygen atoms in total. The fourth-order valence-electron chi connectivity index (χ4n) is 1.85. The smallest absolute Gasteiger partial charge is 0.143 e. The third-order valence-corrected chi connectivity index (χ3v) is 5.33. The van der Waals surface area contributed by atoms with Crippen LogP contribution in [-0.4, -0.2) is 18.1 Å². The predicted molar refractivity (Wildman–Crippen MR) is 75.3 cm³/mol. The van der Waals surface area contributed by atoms with Gasteiger partial charge in [0.15, 0.2) is 0 Å². The Morgan fingerprint density at radius 2 is 2.13 bits per heavy atom. The third-order valence-electron chi connectivity index (χ3n) is 2.91. The Labute approximate surface area is 113 Å². The van der Waals surface area contributed by atoms with Gasteiger partial charge in [-0.3, -0.25) is 0 Å². The van der Waals surface area contributed by atoms with Crippen molar-refractivity contribution in [3.63, 3.8) is 0 Å². The zero-order valence-corrected chi connectivity index (χ0v) is 12.5. The number of halogens is 2. The van der Waals surface area contributed by atoms with E-state index in [2.05, 4.69) is 55.3 Å². The highest BCUT2D eigenvalue weighted by Crippen LogP contribution is 2.30. The second-order valence-electron chi connectivity index (χ2n) is 4.10. The van der Waals surface area contributed by atoms with E-state index in [1.54, 1.807) is 0 Å². The standard InChI is InChI=1S/C11H14BrIN2/c1-8-3-6-15(7-4-8)11-10(12)9(13)2-5-14-11/h2,5,8H,3-4,6-7H2,1H3. The van der Waals surface area contributed by atoms with Crippen molar-refractivity contribution in [3.8, 4) is 0 Å². The molecule has 2 heterocycles. The lowest BCUT2D eigenvalue weighted by Gasteiger charge is -2.31. The lowest BCUT2D eigenvalue weighted by atomic mass is 9.99. The zero-order chi connectivity index (χ0) is 10.8. The Hall–Kier alpha value is 0.160. The molecule has 1 aliphatic rings. The molecule has 0 saturated carbocycles. The van der Waals surface area contributed by atoms with Crippen LogP contribution in [0.4, 0.5) is 5.82 Å². The van der Waals surface area contributed by atoms with Crippen LogP contribution in [-0.2, 0) is 0 Å². The summed E-state index contributed by atoms with van der Waals surface area (Å²) < 4.78 is 2.37. The highest BCUT2D eigenvalue weighted by atomic mass is 127. The molecule has 0 amide bonds. The number of anilines is 1. The number of pyridine rings is 1. The lowest BCUT2D eigenvalue weighted by Crippen LogP contribution is -2.33.